The second-order valence-corrected chi connectivity index (χ2v) is 4.87. The van der Waals surface area contributed by atoms with Gasteiger partial charge in [0.25, 0.3) is 11.5 Å². The van der Waals surface area contributed by atoms with Crippen LogP contribution in [-0.2, 0) is 24.1 Å². The summed E-state index contributed by atoms with van der Waals surface area (Å²) in [7, 11) is 0. The number of hydrogen-bond donors (Lipinski definition) is 3. The van der Waals surface area contributed by atoms with Gasteiger partial charge in [0.1, 0.15) is 0 Å². The molecule has 1 amide bonds. The molecule has 19 heavy (non-hydrogen) atoms. The van der Waals surface area contributed by atoms with E-state index in [4.69, 9.17) is 11.5 Å². The van der Waals surface area contributed by atoms with Gasteiger partial charge in [-0.2, -0.15) is 0 Å². The second kappa shape index (κ2) is 4.73. The Labute approximate surface area is 108 Å². The van der Waals surface area contributed by atoms with Gasteiger partial charge in [-0.05, 0) is 18.1 Å². The van der Waals surface area contributed by atoms with Crippen LogP contribution in [-0.4, -0.2) is 22.9 Å². The Kier molecular flexibility index (Phi) is 3.40. The predicted octanol–water partition coefficient (Wildman–Crippen LogP) is -0.146. The number of carbonyl (C=O) groups is 1. The number of primary amides is 1. The number of aryl methyl sites for hydroxylation is 1. The molecule has 0 spiro atoms. The van der Waals surface area contributed by atoms with E-state index in [1.807, 2.05) is 0 Å². The number of pyridine rings is 1. The number of alkyl halides is 2. The number of aromatic amines is 1. The van der Waals surface area contributed by atoms with Crippen LogP contribution in [0.1, 0.15) is 23.2 Å². The van der Waals surface area contributed by atoms with E-state index >= 15 is 0 Å². The Bertz CT molecular complexity index is 569. The fourth-order valence-corrected chi connectivity index (χ4v) is 2.21. The van der Waals surface area contributed by atoms with Gasteiger partial charge in [0.15, 0.2) is 0 Å². The molecule has 1 unspecified atom stereocenters. The number of amides is 1. The molecule has 1 aliphatic carbocycles. The summed E-state index contributed by atoms with van der Waals surface area (Å²) in [4.78, 5) is 25.2. The van der Waals surface area contributed by atoms with E-state index in [1.165, 1.54) is 6.07 Å². The number of aromatic nitrogens is 1. The fourth-order valence-electron chi connectivity index (χ4n) is 2.21. The Morgan fingerprint density at radius 1 is 1.53 bits per heavy atom. The molecular weight excluding hydrogens is 256 g/mol. The number of halogens is 2. The third-order valence-corrected chi connectivity index (χ3v) is 3.29. The van der Waals surface area contributed by atoms with Gasteiger partial charge < -0.3 is 16.5 Å². The summed E-state index contributed by atoms with van der Waals surface area (Å²) in [5.41, 5.74) is 11.2. The predicted molar refractivity (Wildman–Crippen MR) is 64.9 cm³/mol. The van der Waals surface area contributed by atoms with Gasteiger partial charge in [-0.3, -0.25) is 9.59 Å². The molecule has 5 nitrogen and oxygen atoms in total. The van der Waals surface area contributed by atoms with E-state index in [9.17, 15) is 18.4 Å². The van der Waals surface area contributed by atoms with E-state index in [0.29, 0.717) is 11.3 Å². The molecule has 0 aromatic carbocycles. The fraction of sp³-hybridized carbons (Fsp3) is 0.500. The zero-order valence-electron chi connectivity index (χ0n) is 10.2. The SMILES string of the molecule is NC(=O)C(N)Cc1cc2c([nH]c1=O)CCC(F)(F)C2. The molecule has 7 heteroatoms. The molecule has 1 aromatic rings. The maximum atomic E-state index is 13.3. The maximum Gasteiger partial charge on any atom is 0.252 e. The van der Waals surface area contributed by atoms with Gasteiger partial charge in [0.2, 0.25) is 5.91 Å². The van der Waals surface area contributed by atoms with Crippen molar-refractivity contribution in [2.45, 2.75) is 37.6 Å². The van der Waals surface area contributed by atoms with Gasteiger partial charge >= 0.3 is 0 Å². The normalized spacial score (nSPS) is 18.7. The lowest BCUT2D eigenvalue weighted by molar-refractivity contribution is -0.119. The Balaban J connectivity index is 2.32. The number of nitrogens with two attached hydrogens (primary N) is 2. The summed E-state index contributed by atoms with van der Waals surface area (Å²) in [6, 6.07) is 0.410. The first kappa shape index (κ1) is 13.7. The lowest BCUT2D eigenvalue weighted by atomic mass is 9.91. The van der Waals surface area contributed by atoms with Crippen molar-refractivity contribution in [3.8, 4) is 0 Å². The molecule has 0 saturated carbocycles. The van der Waals surface area contributed by atoms with Crippen molar-refractivity contribution in [2.24, 2.45) is 11.5 Å². The van der Waals surface area contributed by atoms with Crippen molar-refractivity contribution in [3.63, 3.8) is 0 Å². The molecule has 1 atom stereocenters. The average Bonchev–Trinajstić information content (AvgIpc) is 2.29. The van der Waals surface area contributed by atoms with E-state index in [-0.39, 0.29) is 24.8 Å². The highest BCUT2D eigenvalue weighted by Crippen LogP contribution is 2.31. The van der Waals surface area contributed by atoms with Crippen molar-refractivity contribution in [2.75, 3.05) is 0 Å². The molecule has 0 radical (unpaired) electrons. The van der Waals surface area contributed by atoms with Crippen LogP contribution in [0.25, 0.3) is 0 Å². The Morgan fingerprint density at radius 2 is 2.21 bits per heavy atom. The Morgan fingerprint density at radius 3 is 2.84 bits per heavy atom. The Hall–Kier alpha value is -1.76. The number of fused-ring (bicyclic) bond motifs is 1. The summed E-state index contributed by atoms with van der Waals surface area (Å²) >= 11 is 0. The van der Waals surface area contributed by atoms with Gasteiger partial charge in [-0.15, -0.1) is 0 Å². The van der Waals surface area contributed by atoms with Gasteiger partial charge in [-0.1, -0.05) is 0 Å². The smallest absolute Gasteiger partial charge is 0.252 e. The van der Waals surface area contributed by atoms with Crippen LogP contribution in [0.2, 0.25) is 0 Å². The van der Waals surface area contributed by atoms with Crippen molar-refractivity contribution in [1.82, 2.24) is 4.98 Å². The van der Waals surface area contributed by atoms with Gasteiger partial charge in [-0.25, -0.2) is 8.78 Å². The molecule has 2 rings (SSSR count). The molecule has 0 fully saturated rings. The molecule has 1 aromatic heterocycles. The molecule has 1 heterocycles. The molecule has 0 bridgehead atoms. The first-order valence-corrected chi connectivity index (χ1v) is 5.95. The van der Waals surface area contributed by atoms with E-state index in [1.54, 1.807) is 0 Å². The highest BCUT2D eigenvalue weighted by molar-refractivity contribution is 5.79. The third-order valence-electron chi connectivity index (χ3n) is 3.29. The lowest BCUT2D eigenvalue weighted by Gasteiger charge is -2.24. The number of nitrogens with one attached hydrogen (secondary N) is 1. The maximum absolute atomic E-state index is 13.3. The van der Waals surface area contributed by atoms with Crippen molar-refractivity contribution in [1.29, 1.82) is 0 Å². The van der Waals surface area contributed by atoms with Crippen molar-refractivity contribution in [3.05, 3.63) is 33.2 Å². The number of hydrogen-bond acceptors (Lipinski definition) is 3. The van der Waals surface area contributed by atoms with Gasteiger partial charge in [0, 0.05) is 30.5 Å². The second-order valence-electron chi connectivity index (χ2n) is 4.87. The van der Waals surface area contributed by atoms with Crippen LogP contribution >= 0.6 is 0 Å². The quantitative estimate of drug-likeness (QED) is 0.712. The zero-order valence-corrected chi connectivity index (χ0v) is 10.2. The number of carbonyl (C=O) groups excluding carboxylic acids is 1. The van der Waals surface area contributed by atoms with Crippen LogP contribution in [0.3, 0.4) is 0 Å². The minimum absolute atomic E-state index is 0.0521. The van der Waals surface area contributed by atoms with Gasteiger partial charge in [0.05, 0.1) is 6.04 Å². The standard InChI is InChI=1S/C12H15F2N3O2/c13-12(14)2-1-9-7(5-12)3-6(11(19)17-9)4-8(15)10(16)18/h3,8H,1-2,4-5,15H2,(H2,16,18)(H,17,19). The van der Waals surface area contributed by atoms with Crippen LogP contribution in [0.15, 0.2) is 10.9 Å². The third kappa shape index (κ3) is 2.98. The van der Waals surface area contributed by atoms with E-state index in [0.717, 1.165) is 0 Å². The number of rotatable bonds is 3. The highest BCUT2D eigenvalue weighted by Gasteiger charge is 2.34. The first-order chi connectivity index (χ1) is 8.78. The van der Waals surface area contributed by atoms with Crippen LogP contribution < -0.4 is 17.0 Å². The topological polar surface area (TPSA) is 102 Å². The van der Waals surface area contributed by atoms with Crippen LogP contribution in [0, 0.1) is 0 Å². The van der Waals surface area contributed by atoms with Crippen molar-refractivity contribution < 1.29 is 13.6 Å². The highest BCUT2D eigenvalue weighted by atomic mass is 19.3. The molecule has 5 N–H and O–H groups in total. The summed E-state index contributed by atoms with van der Waals surface area (Å²) in [6.07, 6.45) is -0.586. The van der Waals surface area contributed by atoms with Crippen LogP contribution in [0.4, 0.5) is 8.78 Å². The average molecular weight is 271 g/mol. The van der Waals surface area contributed by atoms with Crippen LogP contribution in [0.5, 0.6) is 0 Å². The minimum atomic E-state index is -2.76. The summed E-state index contributed by atoms with van der Waals surface area (Å²) in [6.45, 7) is 0. The summed E-state index contributed by atoms with van der Waals surface area (Å²) < 4.78 is 26.6. The number of H-pyrrole nitrogens is 1. The zero-order chi connectivity index (χ0) is 14.2. The van der Waals surface area contributed by atoms with E-state index in [2.05, 4.69) is 4.98 Å². The summed E-state index contributed by atoms with van der Waals surface area (Å²) in [5, 5.41) is 0. The monoisotopic (exact) mass is 271 g/mol. The molecule has 0 aliphatic heterocycles. The van der Waals surface area contributed by atoms with Crippen molar-refractivity contribution >= 4 is 5.91 Å². The molecule has 0 saturated heterocycles. The summed E-state index contributed by atoms with van der Waals surface area (Å²) in [5.74, 6) is -3.49. The molecule has 1 aliphatic rings. The minimum Gasteiger partial charge on any atom is -0.368 e. The molecule has 104 valence electrons. The molecular formula is C12H15F2N3O2. The lowest BCUT2D eigenvalue weighted by Crippen LogP contribution is -2.40. The first-order valence-electron chi connectivity index (χ1n) is 5.95. The largest absolute Gasteiger partial charge is 0.368 e. The van der Waals surface area contributed by atoms with E-state index < -0.39 is 29.9 Å².